The Balaban J connectivity index is 3.01. The molecule has 0 aromatic heterocycles. The van der Waals surface area contributed by atoms with Crippen LogP contribution in [0.4, 0.5) is 0 Å². The van der Waals surface area contributed by atoms with Gasteiger partial charge in [0.2, 0.25) is 0 Å². The molecule has 38 heavy (non-hydrogen) atoms. The molecule has 0 saturated carbocycles. The van der Waals surface area contributed by atoms with E-state index < -0.39 is 0 Å². The van der Waals surface area contributed by atoms with Gasteiger partial charge in [-0.25, -0.2) is 0 Å². The summed E-state index contributed by atoms with van der Waals surface area (Å²) in [7, 11) is 0. The van der Waals surface area contributed by atoms with Crippen LogP contribution in [0.3, 0.4) is 0 Å². The smallest absolute Gasteiger partial charge is 0.00772 e. The largest absolute Gasteiger partial charge is 0.315 e. The maximum absolute atomic E-state index is 3.54. The van der Waals surface area contributed by atoms with Crippen molar-refractivity contribution in [1.82, 2.24) is 42.5 Å². The molecule has 230 valence electrons. The normalized spacial score (nSPS) is 11.5. The molecule has 0 radical (unpaired) electrons. The summed E-state index contributed by atoms with van der Waals surface area (Å²) in [6.45, 7) is 21.5. The number of unbranched alkanes of at least 4 members (excludes halogenated alkanes) is 10. The summed E-state index contributed by atoms with van der Waals surface area (Å²) < 4.78 is 0. The van der Waals surface area contributed by atoms with Crippen LogP contribution >= 0.6 is 0 Å². The van der Waals surface area contributed by atoms with Crippen molar-refractivity contribution in [2.24, 2.45) is 0 Å². The van der Waals surface area contributed by atoms with E-state index in [1.807, 2.05) is 0 Å². The third-order valence-corrected chi connectivity index (χ3v) is 6.76. The van der Waals surface area contributed by atoms with Gasteiger partial charge in [-0.05, 0) is 25.9 Å². The highest BCUT2D eigenvalue weighted by atomic mass is 15.0. The lowest BCUT2D eigenvalue weighted by atomic mass is 10.1. The van der Waals surface area contributed by atoms with Gasteiger partial charge >= 0.3 is 0 Å². The number of hydrogen-bond acceptors (Lipinski definition) is 8. The molecule has 0 aromatic rings. The van der Waals surface area contributed by atoms with Gasteiger partial charge in [0.25, 0.3) is 0 Å². The molecule has 0 amide bonds. The highest BCUT2D eigenvalue weighted by molar-refractivity contribution is 4.60. The summed E-state index contributed by atoms with van der Waals surface area (Å²) in [4.78, 5) is 0. The molecule has 0 heterocycles. The van der Waals surface area contributed by atoms with Crippen LogP contribution in [0.1, 0.15) is 90.9 Å². The first-order valence-electron chi connectivity index (χ1n) is 16.6. The maximum Gasteiger partial charge on any atom is 0.00772 e. The zero-order valence-electron chi connectivity index (χ0n) is 25.8. The van der Waals surface area contributed by atoms with Crippen LogP contribution in [0.15, 0.2) is 0 Å². The Bertz CT molecular complexity index is 364. The molecule has 0 aliphatic heterocycles. The van der Waals surface area contributed by atoms with Gasteiger partial charge in [0.15, 0.2) is 0 Å². The van der Waals surface area contributed by atoms with Gasteiger partial charge in [-0.2, -0.15) is 0 Å². The van der Waals surface area contributed by atoms with E-state index in [-0.39, 0.29) is 0 Å². The summed E-state index contributed by atoms with van der Waals surface area (Å²) in [5.74, 6) is 0. The van der Waals surface area contributed by atoms with Crippen molar-refractivity contribution >= 4 is 0 Å². The molecule has 0 spiro atoms. The van der Waals surface area contributed by atoms with E-state index in [1.165, 1.54) is 77.0 Å². The number of rotatable bonds is 35. The Hall–Kier alpha value is -0.320. The van der Waals surface area contributed by atoms with Crippen molar-refractivity contribution in [3.05, 3.63) is 0 Å². The van der Waals surface area contributed by atoms with Crippen LogP contribution in [0.2, 0.25) is 0 Å². The minimum Gasteiger partial charge on any atom is -0.315 e. The van der Waals surface area contributed by atoms with E-state index in [1.54, 1.807) is 0 Å². The first-order chi connectivity index (χ1) is 18.9. The molecule has 0 rings (SSSR count). The monoisotopic (exact) mass is 543 g/mol. The van der Waals surface area contributed by atoms with Gasteiger partial charge < -0.3 is 42.5 Å². The second-order valence-corrected chi connectivity index (χ2v) is 10.5. The van der Waals surface area contributed by atoms with E-state index in [9.17, 15) is 0 Å². The van der Waals surface area contributed by atoms with Crippen molar-refractivity contribution in [3.63, 3.8) is 0 Å². The first kappa shape index (κ1) is 37.7. The fourth-order valence-corrected chi connectivity index (χ4v) is 4.30. The van der Waals surface area contributed by atoms with Crippen LogP contribution in [0.25, 0.3) is 0 Å². The van der Waals surface area contributed by atoms with E-state index in [0.717, 1.165) is 105 Å². The fraction of sp³-hybridized carbons (Fsp3) is 1.00. The lowest BCUT2D eigenvalue weighted by Gasteiger charge is -2.10. The van der Waals surface area contributed by atoms with Crippen molar-refractivity contribution in [2.75, 3.05) is 105 Å². The standard InChI is InChI=1S/C30H70N8/c1-3-5-7-9-11-13-15-31-17-19-33-21-23-35-25-27-37-29-30-38-28-26-36-24-22-34-20-18-32-16-14-12-10-8-6-4-2/h31-38H,3-30H2,1-2H3. The average Bonchev–Trinajstić information content (AvgIpc) is 2.93. The van der Waals surface area contributed by atoms with Crippen LogP contribution < -0.4 is 42.5 Å². The zero-order chi connectivity index (χ0) is 27.5. The van der Waals surface area contributed by atoms with Gasteiger partial charge in [0.05, 0.1) is 0 Å². The van der Waals surface area contributed by atoms with Crippen molar-refractivity contribution in [1.29, 1.82) is 0 Å². The minimum atomic E-state index is 1.03. The molecule has 8 N–H and O–H groups in total. The summed E-state index contributed by atoms with van der Waals surface area (Å²) in [5, 5.41) is 28.1. The molecule has 0 bridgehead atoms. The topological polar surface area (TPSA) is 96.2 Å². The molecule has 8 heteroatoms. The quantitative estimate of drug-likeness (QED) is 0.0579. The molecule has 0 saturated heterocycles. The molecule has 0 unspecified atom stereocenters. The zero-order valence-corrected chi connectivity index (χ0v) is 25.8. The van der Waals surface area contributed by atoms with E-state index in [2.05, 4.69) is 56.4 Å². The SMILES string of the molecule is CCCCCCCCNCCNCCNCCNCCNCCNCCNCCNCCCCCCCC. The third kappa shape index (κ3) is 35.7. The molecule has 0 aromatic carbocycles. The predicted octanol–water partition coefficient (Wildman–Crippen LogP) is 2.42. The van der Waals surface area contributed by atoms with Gasteiger partial charge in [-0.15, -0.1) is 0 Å². The van der Waals surface area contributed by atoms with E-state index in [4.69, 9.17) is 0 Å². The fourth-order valence-electron chi connectivity index (χ4n) is 4.30. The van der Waals surface area contributed by atoms with Gasteiger partial charge in [0, 0.05) is 91.6 Å². The lowest BCUT2D eigenvalue weighted by Crippen LogP contribution is -2.38. The molecule has 0 fully saturated rings. The Morgan fingerprint density at radius 3 is 0.632 bits per heavy atom. The van der Waals surface area contributed by atoms with Gasteiger partial charge in [-0.1, -0.05) is 78.1 Å². The van der Waals surface area contributed by atoms with E-state index in [0.29, 0.717) is 0 Å². The van der Waals surface area contributed by atoms with Crippen molar-refractivity contribution < 1.29 is 0 Å². The Morgan fingerprint density at radius 1 is 0.211 bits per heavy atom. The molecule has 0 aliphatic rings. The summed E-state index contributed by atoms with van der Waals surface area (Å²) >= 11 is 0. The Morgan fingerprint density at radius 2 is 0.395 bits per heavy atom. The van der Waals surface area contributed by atoms with Crippen molar-refractivity contribution in [2.45, 2.75) is 90.9 Å². The Labute approximate surface area is 238 Å². The molecular weight excluding hydrogens is 472 g/mol. The average molecular weight is 543 g/mol. The molecule has 0 atom stereocenters. The highest BCUT2D eigenvalue weighted by Gasteiger charge is 1.94. The lowest BCUT2D eigenvalue weighted by molar-refractivity contribution is 0.537. The second kappa shape index (κ2) is 36.7. The number of nitrogens with one attached hydrogen (secondary N) is 8. The van der Waals surface area contributed by atoms with Gasteiger partial charge in [-0.3, -0.25) is 0 Å². The van der Waals surface area contributed by atoms with Crippen LogP contribution in [0.5, 0.6) is 0 Å². The minimum absolute atomic E-state index is 1.03. The molecule has 0 aliphatic carbocycles. The highest BCUT2D eigenvalue weighted by Crippen LogP contribution is 2.04. The molecule has 8 nitrogen and oxygen atoms in total. The van der Waals surface area contributed by atoms with Crippen LogP contribution in [0, 0.1) is 0 Å². The summed E-state index contributed by atoms with van der Waals surface area (Å²) in [6.07, 6.45) is 16.5. The number of hydrogen-bond donors (Lipinski definition) is 8. The second-order valence-electron chi connectivity index (χ2n) is 10.5. The first-order valence-corrected chi connectivity index (χ1v) is 16.6. The van der Waals surface area contributed by atoms with Crippen LogP contribution in [-0.4, -0.2) is 105 Å². The maximum atomic E-state index is 3.54. The summed E-state index contributed by atoms with van der Waals surface area (Å²) in [5.41, 5.74) is 0. The van der Waals surface area contributed by atoms with E-state index >= 15 is 0 Å². The summed E-state index contributed by atoms with van der Waals surface area (Å²) in [6, 6.07) is 0. The van der Waals surface area contributed by atoms with Crippen molar-refractivity contribution in [3.8, 4) is 0 Å². The Kier molecular flexibility index (Phi) is 36.4. The third-order valence-electron chi connectivity index (χ3n) is 6.76. The van der Waals surface area contributed by atoms with Crippen LogP contribution in [-0.2, 0) is 0 Å². The van der Waals surface area contributed by atoms with Gasteiger partial charge in [0.1, 0.15) is 0 Å². The predicted molar refractivity (Wildman–Crippen MR) is 170 cm³/mol. The molecular formula is C30H70N8.